The minimum Gasteiger partial charge on any atom is -0.310 e. The van der Waals surface area contributed by atoms with Crippen LogP contribution in [0, 0.1) is 0 Å². The monoisotopic (exact) mass is 686 g/mol. The van der Waals surface area contributed by atoms with Crippen LogP contribution in [0.15, 0.2) is 206 Å². The molecule has 0 saturated heterocycles. The van der Waals surface area contributed by atoms with E-state index in [-0.39, 0.29) is 0 Å². The van der Waals surface area contributed by atoms with Crippen molar-refractivity contribution >= 4 is 82.0 Å². The van der Waals surface area contributed by atoms with E-state index in [0.29, 0.717) is 0 Å². The zero-order valence-corrected chi connectivity index (χ0v) is 29.5. The molecule has 0 fully saturated rings. The Morgan fingerprint density at radius 1 is 0.278 bits per heavy atom. The molecule has 0 bridgehead atoms. The smallest absolute Gasteiger partial charge is 0.0541 e. The van der Waals surface area contributed by atoms with Crippen molar-refractivity contribution in [1.82, 2.24) is 4.57 Å². The molecule has 0 aliphatic rings. The zero-order valence-electron chi connectivity index (χ0n) is 29.5. The summed E-state index contributed by atoms with van der Waals surface area (Å²) in [6.45, 7) is 0. The summed E-state index contributed by atoms with van der Waals surface area (Å²) in [4.78, 5) is 2.40. The van der Waals surface area contributed by atoms with Crippen molar-refractivity contribution in [2.45, 2.75) is 0 Å². The lowest BCUT2D eigenvalue weighted by Crippen LogP contribution is -2.10. The average Bonchev–Trinajstić information content (AvgIpc) is 3.58. The van der Waals surface area contributed by atoms with Crippen LogP contribution < -0.4 is 4.90 Å². The molecule has 54 heavy (non-hydrogen) atoms. The van der Waals surface area contributed by atoms with Crippen LogP contribution in [0.3, 0.4) is 0 Å². The average molecular weight is 687 g/mol. The molecule has 10 aromatic carbocycles. The fraction of sp³-hybridized carbons (Fsp3) is 0. The highest BCUT2D eigenvalue weighted by atomic mass is 15.1. The minimum absolute atomic E-state index is 1.11. The third-order valence-corrected chi connectivity index (χ3v) is 11.1. The van der Waals surface area contributed by atoms with Gasteiger partial charge >= 0.3 is 0 Å². The highest BCUT2D eigenvalue weighted by Crippen LogP contribution is 2.41. The summed E-state index contributed by atoms with van der Waals surface area (Å²) in [7, 11) is 0. The largest absolute Gasteiger partial charge is 0.310 e. The summed E-state index contributed by atoms with van der Waals surface area (Å²) < 4.78 is 2.37. The molecule has 2 heteroatoms. The second-order valence-electron chi connectivity index (χ2n) is 14.2. The standard InChI is InChI=1S/C52H34N2/c1-3-14-45-36(10-1)20-22-39-33-43(28-30-47(39)45)53(44-29-31-48-40(34-44)23-21-37-11-2-4-15-46(37)48)42-13-9-12-38(32-42)35-24-26-41(27-25-35)54-51-18-7-5-16-49(51)50-17-6-8-19-52(50)54/h1-34H. The van der Waals surface area contributed by atoms with Gasteiger partial charge in [-0.2, -0.15) is 0 Å². The molecule has 0 saturated carbocycles. The summed E-state index contributed by atoms with van der Waals surface area (Å²) in [5.74, 6) is 0. The zero-order chi connectivity index (χ0) is 35.6. The van der Waals surface area contributed by atoms with Gasteiger partial charge in [-0.1, -0.05) is 146 Å². The topological polar surface area (TPSA) is 8.17 Å². The first-order chi connectivity index (χ1) is 26.8. The lowest BCUT2D eigenvalue weighted by molar-refractivity contribution is 1.18. The molecule has 1 aromatic heterocycles. The van der Waals surface area contributed by atoms with E-state index in [4.69, 9.17) is 0 Å². The number of anilines is 3. The third kappa shape index (κ3) is 4.88. The van der Waals surface area contributed by atoms with Crippen molar-refractivity contribution in [1.29, 1.82) is 0 Å². The number of hydrogen-bond acceptors (Lipinski definition) is 1. The van der Waals surface area contributed by atoms with Crippen LogP contribution in [-0.4, -0.2) is 4.57 Å². The lowest BCUT2D eigenvalue weighted by atomic mass is 9.99. The van der Waals surface area contributed by atoms with Gasteiger partial charge in [0.05, 0.1) is 11.0 Å². The van der Waals surface area contributed by atoms with Crippen LogP contribution in [0.5, 0.6) is 0 Å². The Kier molecular flexibility index (Phi) is 6.90. The molecular formula is C52H34N2. The van der Waals surface area contributed by atoms with Gasteiger partial charge in [0.25, 0.3) is 0 Å². The molecule has 0 aliphatic carbocycles. The van der Waals surface area contributed by atoms with Crippen LogP contribution in [0.2, 0.25) is 0 Å². The van der Waals surface area contributed by atoms with E-state index in [9.17, 15) is 0 Å². The lowest BCUT2D eigenvalue weighted by Gasteiger charge is -2.27. The van der Waals surface area contributed by atoms with Crippen molar-refractivity contribution < 1.29 is 0 Å². The highest BCUT2D eigenvalue weighted by molar-refractivity contribution is 6.11. The van der Waals surface area contributed by atoms with Crippen LogP contribution in [0.1, 0.15) is 0 Å². The van der Waals surface area contributed by atoms with E-state index in [1.165, 1.54) is 76.0 Å². The van der Waals surface area contributed by atoms with Crippen molar-refractivity contribution in [3.8, 4) is 16.8 Å². The van der Waals surface area contributed by atoms with E-state index in [1.54, 1.807) is 0 Å². The number of hydrogen-bond donors (Lipinski definition) is 0. The Labute approximate surface area is 313 Å². The van der Waals surface area contributed by atoms with Crippen LogP contribution >= 0.6 is 0 Å². The molecule has 0 N–H and O–H groups in total. The Hall–Kier alpha value is -7.16. The van der Waals surface area contributed by atoms with Gasteiger partial charge in [0.15, 0.2) is 0 Å². The quantitative estimate of drug-likeness (QED) is 0.164. The first kappa shape index (κ1) is 30.5. The predicted octanol–water partition coefficient (Wildman–Crippen LogP) is 14.5. The maximum atomic E-state index is 2.40. The van der Waals surface area contributed by atoms with Crippen molar-refractivity contribution in [3.05, 3.63) is 206 Å². The Morgan fingerprint density at radius 2 is 0.741 bits per heavy atom. The van der Waals surface area contributed by atoms with Gasteiger partial charge < -0.3 is 9.47 Å². The summed E-state index contributed by atoms with van der Waals surface area (Å²) >= 11 is 0. The predicted molar refractivity (Wildman–Crippen MR) is 231 cm³/mol. The molecule has 252 valence electrons. The Bertz CT molecular complexity index is 3050. The SMILES string of the molecule is c1cc(-c2ccc(-n3c4ccccc4c4ccccc43)cc2)cc(N(c2ccc3c(ccc4ccccc43)c2)c2ccc3c(ccc4ccccc43)c2)c1. The maximum absolute atomic E-state index is 2.40. The van der Waals surface area contributed by atoms with Gasteiger partial charge in [0.2, 0.25) is 0 Å². The van der Waals surface area contributed by atoms with Crippen molar-refractivity contribution in [3.63, 3.8) is 0 Å². The summed E-state index contributed by atoms with van der Waals surface area (Å²) in [5.41, 5.74) is 9.29. The van der Waals surface area contributed by atoms with Gasteiger partial charge in [-0.15, -0.1) is 0 Å². The van der Waals surface area contributed by atoms with Gasteiger partial charge in [0, 0.05) is 33.5 Å². The number of para-hydroxylation sites is 2. The van der Waals surface area contributed by atoms with Gasteiger partial charge in [0.1, 0.15) is 0 Å². The van der Waals surface area contributed by atoms with E-state index in [1.807, 2.05) is 0 Å². The van der Waals surface area contributed by atoms with Crippen LogP contribution in [0.4, 0.5) is 17.1 Å². The van der Waals surface area contributed by atoms with Gasteiger partial charge in [-0.25, -0.2) is 0 Å². The third-order valence-electron chi connectivity index (χ3n) is 11.1. The molecule has 0 aliphatic heterocycles. The molecule has 0 atom stereocenters. The van der Waals surface area contributed by atoms with E-state index < -0.39 is 0 Å². The second-order valence-corrected chi connectivity index (χ2v) is 14.2. The fourth-order valence-electron chi connectivity index (χ4n) is 8.55. The van der Waals surface area contributed by atoms with Gasteiger partial charge in [-0.3, -0.25) is 0 Å². The molecule has 0 radical (unpaired) electrons. The first-order valence-electron chi connectivity index (χ1n) is 18.6. The summed E-state index contributed by atoms with van der Waals surface area (Å²) in [6.07, 6.45) is 0. The molecule has 0 unspecified atom stereocenters. The summed E-state index contributed by atoms with van der Waals surface area (Å²) in [6, 6.07) is 75.4. The molecule has 11 rings (SSSR count). The Balaban J connectivity index is 1.04. The first-order valence-corrected chi connectivity index (χ1v) is 18.6. The molecule has 2 nitrogen and oxygen atoms in total. The normalized spacial score (nSPS) is 11.7. The number of aromatic nitrogens is 1. The Morgan fingerprint density at radius 3 is 1.31 bits per heavy atom. The molecule has 11 aromatic rings. The van der Waals surface area contributed by atoms with Crippen LogP contribution in [-0.2, 0) is 0 Å². The highest BCUT2D eigenvalue weighted by Gasteiger charge is 2.17. The van der Waals surface area contributed by atoms with Crippen molar-refractivity contribution in [2.24, 2.45) is 0 Å². The van der Waals surface area contributed by atoms with E-state index in [2.05, 4.69) is 216 Å². The molecule has 0 spiro atoms. The summed E-state index contributed by atoms with van der Waals surface area (Å²) in [5, 5.41) is 12.6. The van der Waals surface area contributed by atoms with Crippen LogP contribution in [0.25, 0.3) is 81.7 Å². The van der Waals surface area contributed by atoms with Gasteiger partial charge in [-0.05, 0) is 115 Å². The van der Waals surface area contributed by atoms with E-state index >= 15 is 0 Å². The van der Waals surface area contributed by atoms with E-state index in [0.717, 1.165) is 22.7 Å². The molecule has 0 amide bonds. The number of benzene rings is 10. The van der Waals surface area contributed by atoms with Crippen molar-refractivity contribution in [2.75, 3.05) is 4.90 Å². The number of fused-ring (bicyclic) bond motifs is 9. The second kappa shape index (κ2) is 12.2. The minimum atomic E-state index is 1.11. The fourth-order valence-corrected chi connectivity index (χ4v) is 8.55. The number of nitrogens with zero attached hydrogens (tertiary/aromatic N) is 2. The number of rotatable bonds is 5. The molecule has 1 heterocycles. The maximum Gasteiger partial charge on any atom is 0.0541 e. The molecular weight excluding hydrogens is 653 g/mol.